The molecule has 1 unspecified atom stereocenters. The number of pyridine rings is 1. The topological polar surface area (TPSA) is 71.5 Å². The first-order chi connectivity index (χ1) is 15.5. The lowest BCUT2D eigenvalue weighted by Crippen LogP contribution is -2.38. The Kier molecular flexibility index (Phi) is 6.51. The van der Waals surface area contributed by atoms with Crippen LogP contribution in [0.2, 0.25) is 0 Å². The average Bonchev–Trinajstić information content (AvgIpc) is 2.80. The van der Waals surface area contributed by atoms with Crippen LogP contribution in [0, 0.1) is 0 Å². The van der Waals surface area contributed by atoms with Crippen LogP contribution >= 0.6 is 0 Å². The van der Waals surface area contributed by atoms with Crippen molar-refractivity contribution in [3.05, 3.63) is 71.4 Å². The number of ether oxygens (including phenoxy) is 1. The SMILES string of the molecule is CCC(OC(=O)c1c2c(nc3ccccc13)CCN(C(C)C)C2)C(=O)Nc1ccccc1. The van der Waals surface area contributed by atoms with Gasteiger partial charge in [-0.3, -0.25) is 14.7 Å². The molecule has 6 nitrogen and oxygen atoms in total. The molecule has 6 heteroatoms. The molecule has 3 aromatic rings. The zero-order chi connectivity index (χ0) is 22.7. The van der Waals surface area contributed by atoms with E-state index >= 15 is 0 Å². The lowest BCUT2D eigenvalue weighted by molar-refractivity contribution is -0.124. The maximum Gasteiger partial charge on any atom is 0.340 e. The zero-order valence-electron chi connectivity index (χ0n) is 18.8. The maximum absolute atomic E-state index is 13.5. The van der Waals surface area contributed by atoms with Crippen LogP contribution in [-0.4, -0.2) is 40.5 Å². The van der Waals surface area contributed by atoms with Crippen molar-refractivity contribution < 1.29 is 14.3 Å². The summed E-state index contributed by atoms with van der Waals surface area (Å²) in [6.07, 6.45) is 0.285. The van der Waals surface area contributed by atoms with Gasteiger partial charge in [0.2, 0.25) is 0 Å². The number of benzene rings is 2. The molecule has 2 aromatic carbocycles. The van der Waals surface area contributed by atoms with E-state index in [-0.39, 0.29) is 5.91 Å². The molecule has 0 spiro atoms. The first kappa shape index (κ1) is 22.0. The van der Waals surface area contributed by atoms with E-state index in [2.05, 4.69) is 24.1 Å². The Labute approximate surface area is 188 Å². The lowest BCUT2D eigenvalue weighted by Gasteiger charge is -2.32. The van der Waals surface area contributed by atoms with E-state index in [9.17, 15) is 9.59 Å². The van der Waals surface area contributed by atoms with Crippen molar-refractivity contribution in [1.29, 1.82) is 0 Å². The molecule has 1 aromatic heterocycles. The predicted octanol–water partition coefficient (Wildman–Crippen LogP) is 4.58. The molecule has 0 bridgehead atoms. The molecule has 0 saturated carbocycles. The lowest BCUT2D eigenvalue weighted by atomic mass is 9.95. The summed E-state index contributed by atoms with van der Waals surface area (Å²) >= 11 is 0. The van der Waals surface area contributed by atoms with Crippen molar-refractivity contribution in [2.75, 3.05) is 11.9 Å². The van der Waals surface area contributed by atoms with Crippen LogP contribution < -0.4 is 5.32 Å². The third-order valence-corrected chi connectivity index (χ3v) is 5.96. The van der Waals surface area contributed by atoms with Gasteiger partial charge in [0, 0.05) is 47.9 Å². The number of anilines is 1. The molecule has 0 aliphatic carbocycles. The van der Waals surface area contributed by atoms with Crippen LogP contribution in [0.15, 0.2) is 54.6 Å². The summed E-state index contributed by atoms with van der Waals surface area (Å²) in [5, 5.41) is 3.60. The molecule has 1 atom stereocenters. The number of esters is 1. The number of fused-ring (bicyclic) bond motifs is 2. The highest BCUT2D eigenvalue weighted by atomic mass is 16.5. The molecule has 0 fully saturated rings. The number of amides is 1. The van der Waals surface area contributed by atoms with E-state index in [0.29, 0.717) is 30.3 Å². The van der Waals surface area contributed by atoms with E-state index in [1.807, 2.05) is 49.4 Å². The number of aromatic nitrogens is 1. The first-order valence-corrected chi connectivity index (χ1v) is 11.2. The minimum absolute atomic E-state index is 0.330. The summed E-state index contributed by atoms with van der Waals surface area (Å²) in [4.78, 5) is 33.4. The summed E-state index contributed by atoms with van der Waals surface area (Å²) in [6.45, 7) is 7.68. The van der Waals surface area contributed by atoms with Gasteiger partial charge >= 0.3 is 5.97 Å². The summed E-state index contributed by atoms with van der Waals surface area (Å²) in [6, 6.07) is 17.2. The summed E-state index contributed by atoms with van der Waals surface area (Å²) in [5.41, 5.74) is 3.83. The van der Waals surface area contributed by atoms with Gasteiger partial charge in [-0.05, 0) is 38.5 Å². The standard InChI is InChI=1S/C26H29N3O3/c1-4-23(25(30)27-18-10-6-5-7-11-18)32-26(31)24-19-12-8-9-13-21(19)28-22-14-15-29(17(2)3)16-20(22)24/h5-13,17,23H,4,14-16H2,1-3H3,(H,27,30). The Morgan fingerprint density at radius 3 is 2.53 bits per heavy atom. The fraction of sp³-hybridized carbons (Fsp3) is 0.346. The minimum atomic E-state index is -0.880. The molecule has 1 aliphatic heterocycles. The molecule has 2 heterocycles. The van der Waals surface area contributed by atoms with Crippen LogP contribution in [0.4, 0.5) is 5.69 Å². The Bertz CT molecular complexity index is 1130. The van der Waals surface area contributed by atoms with Gasteiger partial charge < -0.3 is 10.1 Å². The number of nitrogens with one attached hydrogen (secondary N) is 1. The van der Waals surface area contributed by atoms with E-state index in [1.54, 1.807) is 12.1 Å². The van der Waals surface area contributed by atoms with Crippen molar-refractivity contribution in [2.45, 2.75) is 52.3 Å². The highest BCUT2D eigenvalue weighted by Gasteiger charge is 2.30. The smallest absolute Gasteiger partial charge is 0.340 e. The van der Waals surface area contributed by atoms with E-state index in [1.165, 1.54) is 0 Å². The predicted molar refractivity (Wildman–Crippen MR) is 126 cm³/mol. The number of para-hydroxylation sites is 2. The molecule has 1 N–H and O–H groups in total. The maximum atomic E-state index is 13.5. The van der Waals surface area contributed by atoms with Gasteiger partial charge in [-0.15, -0.1) is 0 Å². The van der Waals surface area contributed by atoms with Gasteiger partial charge in [0.25, 0.3) is 5.91 Å². The number of hydrogen-bond acceptors (Lipinski definition) is 5. The Hall–Kier alpha value is -3.25. The largest absolute Gasteiger partial charge is 0.449 e. The molecule has 0 radical (unpaired) electrons. The quantitative estimate of drug-likeness (QED) is 0.579. The Morgan fingerprint density at radius 1 is 1.09 bits per heavy atom. The first-order valence-electron chi connectivity index (χ1n) is 11.2. The molecule has 0 saturated heterocycles. The fourth-order valence-corrected chi connectivity index (χ4v) is 4.14. The second kappa shape index (κ2) is 9.49. The minimum Gasteiger partial charge on any atom is -0.449 e. The fourth-order valence-electron chi connectivity index (χ4n) is 4.14. The van der Waals surface area contributed by atoms with Crippen molar-refractivity contribution >= 4 is 28.5 Å². The van der Waals surface area contributed by atoms with Gasteiger partial charge in [0.1, 0.15) is 0 Å². The van der Waals surface area contributed by atoms with Crippen LogP contribution in [0.1, 0.15) is 48.8 Å². The molecule has 32 heavy (non-hydrogen) atoms. The van der Waals surface area contributed by atoms with Crippen LogP contribution in [0.25, 0.3) is 10.9 Å². The van der Waals surface area contributed by atoms with Crippen LogP contribution in [0.5, 0.6) is 0 Å². The monoisotopic (exact) mass is 431 g/mol. The van der Waals surface area contributed by atoms with E-state index in [4.69, 9.17) is 9.72 Å². The number of nitrogens with zero attached hydrogens (tertiary/aromatic N) is 2. The van der Waals surface area contributed by atoms with Crippen LogP contribution in [0.3, 0.4) is 0 Å². The van der Waals surface area contributed by atoms with Crippen molar-refractivity contribution in [2.24, 2.45) is 0 Å². The molecule has 4 rings (SSSR count). The normalized spacial score (nSPS) is 14.8. The van der Waals surface area contributed by atoms with Crippen molar-refractivity contribution in [3.8, 4) is 0 Å². The number of hydrogen-bond donors (Lipinski definition) is 1. The number of rotatable bonds is 6. The molecule has 1 amide bonds. The van der Waals surface area contributed by atoms with Crippen LogP contribution in [-0.2, 0) is 22.5 Å². The second-order valence-electron chi connectivity index (χ2n) is 8.40. The summed E-state index contributed by atoms with van der Waals surface area (Å²) in [7, 11) is 0. The second-order valence-corrected chi connectivity index (χ2v) is 8.40. The summed E-state index contributed by atoms with van der Waals surface area (Å²) in [5.74, 6) is -0.802. The highest BCUT2D eigenvalue weighted by Crippen LogP contribution is 2.30. The molecule has 166 valence electrons. The van der Waals surface area contributed by atoms with Gasteiger partial charge in [-0.2, -0.15) is 0 Å². The number of carbonyl (C=O) groups excluding carboxylic acids is 2. The average molecular weight is 432 g/mol. The van der Waals surface area contributed by atoms with E-state index < -0.39 is 12.1 Å². The van der Waals surface area contributed by atoms with Gasteiger partial charge in [-0.1, -0.05) is 43.3 Å². The van der Waals surface area contributed by atoms with Crippen molar-refractivity contribution in [1.82, 2.24) is 9.88 Å². The van der Waals surface area contributed by atoms with Gasteiger partial charge in [-0.25, -0.2) is 4.79 Å². The van der Waals surface area contributed by atoms with E-state index in [0.717, 1.165) is 35.1 Å². The highest BCUT2D eigenvalue weighted by molar-refractivity contribution is 6.06. The Balaban J connectivity index is 1.66. The third-order valence-electron chi connectivity index (χ3n) is 5.96. The van der Waals surface area contributed by atoms with Gasteiger partial charge in [0.05, 0.1) is 11.1 Å². The number of carbonyl (C=O) groups is 2. The molecular weight excluding hydrogens is 402 g/mol. The Morgan fingerprint density at radius 2 is 1.81 bits per heavy atom. The third kappa shape index (κ3) is 4.50. The molecule has 1 aliphatic rings. The van der Waals surface area contributed by atoms with Gasteiger partial charge in [0.15, 0.2) is 6.10 Å². The zero-order valence-corrected chi connectivity index (χ0v) is 18.8. The van der Waals surface area contributed by atoms with Crippen molar-refractivity contribution in [3.63, 3.8) is 0 Å². The summed E-state index contributed by atoms with van der Waals surface area (Å²) < 4.78 is 5.79. The molecular formula is C26H29N3O3.